The molecule has 2 nitrogen and oxygen atoms in total. The molecule has 3 heteroatoms. The molecule has 2 fully saturated rings. The number of thiophene rings is 1. The van der Waals surface area contributed by atoms with E-state index in [9.17, 15) is 4.79 Å². The lowest BCUT2D eigenvalue weighted by Gasteiger charge is -2.21. The predicted molar refractivity (Wildman–Crippen MR) is 61.1 cm³/mol. The van der Waals surface area contributed by atoms with E-state index in [4.69, 9.17) is 0 Å². The van der Waals surface area contributed by atoms with Crippen LogP contribution in [0.3, 0.4) is 0 Å². The molecule has 0 radical (unpaired) electrons. The van der Waals surface area contributed by atoms with Gasteiger partial charge in [0.05, 0.1) is 4.88 Å². The molecule has 2 aliphatic rings. The molecule has 2 saturated carbocycles. The van der Waals surface area contributed by atoms with Gasteiger partial charge in [-0.1, -0.05) is 6.07 Å². The summed E-state index contributed by atoms with van der Waals surface area (Å²) in [6, 6.07) is 4.45. The minimum absolute atomic E-state index is 0.263. The molecule has 0 N–H and O–H groups in total. The van der Waals surface area contributed by atoms with E-state index >= 15 is 0 Å². The molecule has 0 spiro atoms. The fourth-order valence-corrected chi connectivity index (χ4v) is 2.58. The molecule has 1 aromatic heterocycles. The molecule has 0 saturated heterocycles. The van der Waals surface area contributed by atoms with Crippen LogP contribution in [0.15, 0.2) is 17.5 Å². The van der Waals surface area contributed by atoms with E-state index in [1.165, 1.54) is 25.7 Å². The lowest BCUT2D eigenvalue weighted by Crippen LogP contribution is -2.34. The van der Waals surface area contributed by atoms with Gasteiger partial charge in [-0.2, -0.15) is 0 Å². The maximum Gasteiger partial charge on any atom is 0.264 e. The normalized spacial score (nSPS) is 20.3. The Kier molecular flexibility index (Phi) is 2.28. The zero-order chi connectivity index (χ0) is 10.3. The van der Waals surface area contributed by atoms with E-state index in [1.54, 1.807) is 11.3 Å². The summed E-state index contributed by atoms with van der Waals surface area (Å²) in [4.78, 5) is 15.2. The van der Waals surface area contributed by atoms with Crippen LogP contribution in [0.25, 0.3) is 0 Å². The van der Waals surface area contributed by atoms with Crippen LogP contribution in [-0.2, 0) is 0 Å². The Morgan fingerprint density at radius 1 is 1.40 bits per heavy atom. The Balaban J connectivity index is 1.72. The van der Waals surface area contributed by atoms with Crippen LogP contribution in [-0.4, -0.2) is 23.4 Å². The summed E-state index contributed by atoms with van der Waals surface area (Å²) in [6.07, 6.45) is 5.07. The minimum atomic E-state index is 0.263. The molecule has 0 aromatic carbocycles. The second-order valence-corrected chi connectivity index (χ2v) is 5.56. The maximum atomic E-state index is 12.2. The third kappa shape index (κ3) is 2.07. The Hall–Kier alpha value is -0.830. The van der Waals surface area contributed by atoms with Crippen molar-refractivity contribution in [1.29, 1.82) is 0 Å². The lowest BCUT2D eigenvalue weighted by molar-refractivity contribution is 0.0739. The van der Waals surface area contributed by atoms with E-state index in [1.807, 2.05) is 17.5 Å². The molecule has 2 aliphatic carbocycles. The predicted octanol–water partition coefficient (Wildman–Crippen LogP) is 2.76. The summed E-state index contributed by atoms with van der Waals surface area (Å²) in [5.74, 6) is 1.06. The van der Waals surface area contributed by atoms with Crippen molar-refractivity contribution in [3.8, 4) is 0 Å². The second kappa shape index (κ2) is 3.63. The summed E-state index contributed by atoms with van der Waals surface area (Å²) in [7, 11) is 0. The van der Waals surface area contributed by atoms with Crippen LogP contribution < -0.4 is 0 Å². The van der Waals surface area contributed by atoms with Crippen LogP contribution in [0, 0.1) is 5.92 Å². The lowest BCUT2D eigenvalue weighted by atomic mass is 10.3. The summed E-state index contributed by atoms with van der Waals surface area (Å²) in [5, 5.41) is 1.98. The number of hydrogen-bond acceptors (Lipinski definition) is 2. The average Bonchev–Trinajstić information content (AvgIpc) is 3.14. The van der Waals surface area contributed by atoms with Crippen molar-refractivity contribution in [2.45, 2.75) is 31.7 Å². The summed E-state index contributed by atoms with van der Waals surface area (Å²) in [6.45, 7) is 1.00. The SMILES string of the molecule is O=C(c1cccs1)N(CC1CC1)C1CC1. The average molecular weight is 221 g/mol. The van der Waals surface area contributed by atoms with Gasteiger partial charge in [-0.05, 0) is 43.0 Å². The van der Waals surface area contributed by atoms with Crippen molar-refractivity contribution in [3.05, 3.63) is 22.4 Å². The highest BCUT2D eigenvalue weighted by molar-refractivity contribution is 7.12. The number of rotatable bonds is 4. The molecule has 0 aliphatic heterocycles. The van der Waals surface area contributed by atoms with Gasteiger partial charge in [0.2, 0.25) is 0 Å². The Morgan fingerprint density at radius 3 is 2.73 bits per heavy atom. The molecule has 1 aromatic rings. The third-order valence-corrected chi connectivity index (χ3v) is 3.99. The molecule has 0 bridgehead atoms. The number of hydrogen-bond donors (Lipinski definition) is 0. The van der Waals surface area contributed by atoms with Crippen molar-refractivity contribution >= 4 is 17.2 Å². The van der Waals surface area contributed by atoms with Gasteiger partial charge in [-0.3, -0.25) is 4.79 Å². The molecule has 80 valence electrons. The van der Waals surface area contributed by atoms with Crippen molar-refractivity contribution < 1.29 is 4.79 Å². The van der Waals surface area contributed by atoms with Crippen LogP contribution >= 0.6 is 11.3 Å². The number of carbonyl (C=O) groups is 1. The smallest absolute Gasteiger partial charge is 0.264 e. The number of amides is 1. The first-order valence-electron chi connectivity index (χ1n) is 5.69. The van der Waals surface area contributed by atoms with Gasteiger partial charge in [0.25, 0.3) is 5.91 Å². The van der Waals surface area contributed by atoms with Crippen molar-refractivity contribution in [2.75, 3.05) is 6.54 Å². The monoisotopic (exact) mass is 221 g/mol. The van der Waals surface area contributed by atoms with E-state index in [2.05, 4.69) is 4.90 Å². The molecule has 1 heterocycles. The Morgan fingerprint density at radius 2 is 2.20 bits per heavy atom. The molecule has 0 unspecified atom stereocenters. The van der Waals surface area contributed by atoms with Gasteiger partial charge in [-0.15, -0.1) is 11.3 Å². The van der Waals surface area contributed by atoms with E-state index < -0.39 is 0 Å². The molecular weight excluding hydrogens is 206 g/mol. The highest BCUT2D eigenvalue weighted by Gasteiger charge is 2.36. The van der Waals surface area contributed by atoms with E-state index in [0.717, 1.165) is 17.3 Å². The summed E-state index contributed by atoms with van der Waals surface area (Å²) < 4.78 is 0. The topological polar surface area (TPSA) is 20.3 Å². The zero-order valence-electron chi connectivity index (χ0n) is 8.69. The first-order chi connectivity index (χ1) is 7.34. The highest BCUT2D eigenvalue weighted by Crippen LogP contribution is 2.35. The van der Waals surface area contributed by atoms with Crippen molar-refractivity contribution in [2.24, 2.45) is 5.92 Å². The minimum Gasteiger partial charge on any atom is -0.335 e. The zero-order valence-corrected chi connectivity index (χ0v) is 9.50. The van der Waals surface area contributed by atoms with Crippen LogP contribution in [0.2, 0.25) is 0 Å². The van der Waals surface area contributed by atoms with E-state index in [-0.39, 0.29) is 5.91 Å². The van der Waals surface area contributed by atoms with Crippen molar-refractivity contribution in [3.63, 3.8) is 0 Å². The number of nitrogens with zero attached hydrogens (tertiary/aromatic N) is 1. The molecule has 1 amide bonds. The summed E-state index contributed by atoms with van der Waals surface area (Å²) >= 11 is 1.56. The fraction of sp³-hybridized carbons (Fsp3) is 0.583. The van der Waals surface area contributed by atoms with Gasteiger partial charge in [0, 0.05) is 12.6 Å². The maximum absolute atomic E-state index is 12.2. The molecular formula is C12H15NOS. The first-order valence-corrected chi connectivity index (χ1v) is 6.57. The van der Waals surface area contributed by atoms with Gasteiger partial charge < -0.3 is 4.90 Å². The van der Waals surface area contributed by atoms with Crippen LogP contribution in [0.1, 0.15) is 35.4 Å². The first kappa shape index (κ1) is 9.40. The fourth-order valence-electron chi connectivity index (χ4n) is 1.90. The van der Waals surface area contributed by atoms with Gasteiger partial charge in [0.15, 0.2) is 0 Å². The highest BCUT2D eigenvalue weighted by atomic mass is 32.1. The molecule has 0 atom stereocenters. The number of carbonyl (C=O) groups excluding carboxylic acids is 1. The van der Waals surface area contributed by atoms with E-state index in [0.29, 0.717) is 6.04 Å². The molecule has 3 rings (SSSR count). The van der Waals surface area contributed by atoms with Gasteiger partial charge >= 0.3 is 0 Å². The second-order valence-electron chi connectivity index (χ2n) is 4.61. The van der Waals surface area contributed by atoms with Crippen LogP contribution in [0.4, 0.5) is 0 Å². The Labute approximate surface area is 93.9 Å². The largest absolute Gasteiger partial charge is 0.335 e. The van der Waals surface area contributed by atoms with Gasteiger partial charge in [-0.25, -0.2) is 0 Å². The Bertz CT molecular complexity index is 352. The molecule has 15 heavy (non-hydrogen) atoms. The van der Waals surface area contributed by atoms with Crippen molar-refractivity contribution in [1.82, 2.24) is 4.90 Å². The summed E-state index contributed by atoms with van der Waals surface area (Å²) in [5.41, 5.74) is 0. The van der Waals surface area contributed by atoms with Crippen LogP contribution in [0.5, 0.6) is 0 Å². The third-order valence-electron chi connectivity index (χ3n) is 3.13. The quantitative estimate of drug-likeness (QED) is 0.765. The van der Waals surface area contributed by atoms with Gasteiger partial charge in [0.1, 0.15) is 0 Å². The standard InChI is InChI=1S/C12H15NOS/c14-12(11-2-1-7-15-11)13(10-5-6-10)8-9-3-4-9/h1-2,7,9-10H,3-6,8H2.